The molecule has 0 aliphatic heterocycles. The Kier molecular flexibility index (Phi) is 5.20. The Morgan fingerprint density at radius 1 is 1.25 bits per heavy atom. The second kappa shape index (κ2) is 6.90. The molecule has 0 aliphatic carbocycles. The summed E-state index contributed by atoms with van der Waals surface area (Å²) in [6.07, 6.45) is 0. The zero-order valence-electron chi connectivity index (χ0n) is 11.1. The molecule has 5 heteroatoms. The zero-order chi connectivity index (χ0) is 14.5. The van der Waals surface area contributed by atoms with Gasteiger partial charge in [-0.3, -0.25) is 4.21 Å². The summed E-state index contributed by atoms with van der Waals surface area (Å²) >= 11 is 3.41. The first-order chi connectivity index (χ1) is 9.60. The molecule has 0 aromatic heterocycles. The van der Waals surface area contributed by atoms with Crippen LogP contribution in [-0.2, 0) is 16.6 Å². The molecule has 1 unspecified atom stereocenters. The lowest BCUT2D eigenvalue weighted by atomic mass is 10.2. The summed E-state index contributed by atoms with van der Waals surface area (Å²) in [6, 6.07) is 13.1. The van der Waals surface area contributed by atoms with E-state index in [2.05, 4.69) is 15.9 Å². The SMILES string of the molecule is CCOc1ccc(N)c(S(=O)Cc2cccc(Br)c2)c1. The van der Waals surface area contributed by atoms with E-state index >= 15 is 0 Å². The number of halogens is 1. The predicted octanol–water partition coefficient (Wildman–Crippen LogP) is 3.74. The molecule has 0 bridgehead atoms. The van der Waals surface area contributed by atoms with Crippen molar-refractivity contribution in [2.75, 3.05) is 12.3 Å². The van der Waals surface area contributed by atoms with E-state index in [0.29, 0.717) is 28.7 Å². The summed E-state index contributed by atoms with van der Waals surface area (Å²) in [7, 11) is -1.19. The van der Waals surface area contributed by atoms with Gasteiger partial charge in [0.1, 0.15) is 5.75 Å². The van der Waals surface area contributed by atoms with Crippen molar-refractivity contribution in [3.05, 3.63) is 52.5 Å². The Morgan fingerprint density at radius 2 is 2.05 bits per heavy atom. The number of nitrogen functional groups attached to an aromatic ring is 1. The minimum Gasteiger partial charge on any atom is -0.494 e. The summed E-state index contributed by atoms with van der Waals surface area (Å²) < 4.78 is 18.9. The Bertz CT molecular complexity index is 631. The summed E-state index contributed by atoms with van der Waals surface area (Å²) in [4.78, 5) is 0.621. The average Bonchev–Trinajstić information content (AvgIpc) is 2.41. The molecule has 0 fully saturated rings. The van der Waals surface area contributed by atoms with Crippen molar-refractivity contribution >= 4 is 32.4 Å². The van der Waals surface area contributed by atoms with Gasteiger partial charge in [0.15, 0.2) is 0 Å². The van der Waals surface area contributed by atoms with E-state index < -0.39 is 10.8 Å². The molecular weight excluding hydrogens is 338 g/mol. The molecule has 0 aliphatic rings. The molecule has 2 N–H and O–H groups in total. The summed E-state index contributed by atoms with van der Waals surface area (Å²) in [6.45, 7) is 2.48. The number of nitrogens with two attached hydrogens (primary N) is 1. The minimum absolute atomic E-state index is 0.430. The van der Waals surface area contributed by atoms with Crippen molar-refractivity contribution in [2.24, 2.45) is 0 Å². The maximum absolute atomic E-state index is 12.5. The Labute approximate surface area is 129 Å². The molecule has 2 aromatic rings. The molecular formula is C15H16BrNO2S. The molecule has 0 saturated carbocycles. The van der Waals surface area contributed by atoms with Gasteiger partial charge in [-0.2, -0.15) is 0 Å². The third kappa shape index (κ3) is 3.84. The van der Waals surface area contributed by atoms with E-state index in [1.165, 1.54) is 0 Å². The van der Waals surface area contributed by atoms with Crippen molar-refractivity contribution in [1.82, 2.24) is 0 Å². The molecule has 1 atom stereocenters. The van der Waals surface area contributed by atoms with Gasteiger partial charge in [0, 0.05) is 10.2 Å². The van der Waals surface area contributed by atoms with Gasteiger partial charge < -0.3 is 10.5 Å². The van der Waals surface area contributed by atoms with Crippen LogP contribution in [0.4, 0.5) is 5.69 Å². The number of hydrogen-bond donors (Lipinski definition) is 1. The van der Waals surface area contributed by atoms with Crippen LogP contribution in [0.5, 0.6) is 5.75 Å². The summed E-state index contributed by atoms with van der Waals surface area (Å²) in [5.74, 6) is 1.12. The first-order valence-electron chi connectivity index (χ1n) is 6.25. The van der Waals surface area contributed by atoms with Crippen molar-refractivity contribution in [2.45, 2.75) is 17.6 Å². The first-order valence-corrected chi connectivity index (χ1v) is 8.36. The molecule has 2 aromatic carbocycles. The third-order valence-electron chi connectivity index (χ3n) is 2.73. The number of ether oxygens (including phenoxy) is 1. The van der Waals surface area contributed by atoms with Crippen molar-refractivity contribution in [1.29, 1.82) is 0 Å². The zero-order valence-corrected chi connectivity index (χ0v) is 13.5. The first kappa shape index (κ1) is 15.1. The molecule has 0 saturated heterocycles. The molecule has 0 amide bonds. The molecule has 0 heterocycles. The van der Waals surface area contributed by atoms with Crippen LogP contribution >= 0.6 is 15.9 Å². The highest BCUT2D eigenvalue weighted by Crippen LogP contribution is 2.25. The van der Waals surface area contributed by atoms with Gasteiger partial charge in [-0.1, -0.05) is 28.1 Å². The van der Waals surface area contributed by atoms with Gasteiger partial charge in [0.2, 0.25) is 0 Å². The lowest BCUT2D eigenvalue weighted by Gasteiger charge is -2.09. The second-order valence-corrected chi connectivity index (χ2v) is 6.59. The van der Waals surface area contributed by atoms with Crippen LogP contribution in [0.2, 0.25) is 0 Å². The fourth-order valence-corrected chi connectivity index (χ4v) is 3.49. The third-order valence-corrected chi connectivity index (χ3v) is 4.66. The fraction of sp³-hybridized carbons (Fsp3) is 0.200. The van der Waals surface area contributed by atoms with E-state index in [0.717, 1.165) is 10.0 Å². The second-order valence-electron chi connectivity index (χ2n) is 4.25. The van der Waals surface area contributed by atoms with Gasteiger partial charge >= 0.3 is 0 Å². The van der Waals surface area contributed by atoms with Crippen molar-refractivity contribution in [3.8, 4) is 5.75 Å². The maximum Gasteiger partial charge on any atom is 0.120 e. The normalized spacial score (nSPS) is 12.1. The van der Waals surface area contributed by atoms with E-state index in [9.17, 15) is 4.21 Å². The molecule has 0 spiro atoms. The van der Waals surface area contributed by atoms with E-state index in [-0.39, 0.29) is 0 Å². The largest absolute Gasteiger partial charge is 0.494 e. The van der Waals surface area contributed by atoms with Gasteiger partial charge in [0.05, 0.1) is 28.1 Å². The molecule has 106 valence electrons. The lowest BCUT2D eigenvalue weighted by Crippen LogP contribution is -2.02. The summed E-state index contributed by atoms with van der Waals surface area (Å²) in [5.41, 5.74) is 7.44. The van der Waals surface area contributed by atoms with E-state index in [1.54, 1.807) is 18.2 Å². The standard InChI is InChI=1S/C15H16BrNO2S/c1-2-19-13-6-7-14(17)15(9-13)20(18)10-11-4-3-5-12(16)8-11/h3-9H,2,10,17H2,1H3. The topological polar surface area (TPSA) is 52.3 Å². The minimum atomic E-state index is -1.19. The van der Waals surface area contributed by atoms with Crippen LogP contribution in [0.15, 0.2) is 51.8 Å². The highest BCUT2D eigenvalue weighted by atomic mass is 79.9. The fourth-order valence-electron chi connectivity index (χ4n) is 1.82. The lowest BCUT2D eigenvalue weighted by molar-refractivity contribution is 0.339. The van der Waals surface area contributed by atoms with Gasteiger partial charge in [-0.25, -0.2) is 0 Å². The number of anilines is 1. The number of rotatable bonds is 5. The van der Waals surface area contributed by atoms with Crippen LogP contribution in [-0.4, -0.2) is 10.8 Å². The van der Waals surface area contributed by atoms with Crippen molar-refractivity contribution in [3.63, 3.8) is 0 Å². The molecule has 3 nitrogen and oxygen atoms in total. The van der Waals surface area contributed by atoms with Crippen LogP contribution in [0.3, 0.4) is 0 Å². The maximum atomic E-state index is 12.5. The van der Waals surface area contributed by atoms with Gasteiger partial charge in [-0.05, 0) is 42.8 Å². The Balaban J connectivity index is 2.22. The van der Waals surface area contributed by atoms with Gasteiger partial charge in [-0.15, -0.1) is 0 Å². The van der Waals surface area contributed by atoms with Crippen molar-refractivity contribution < 1.29 is 8.95 Å². The molecule has 2 rings (SSSR count). The number of hydrogen-bond acceptors (Lipinski definition) is 3. The van der Waals surface area contributed by atoms with Crippen LogP contribution in [0, 0.1) is 0 Å². The molecule has 0 radical (unpaired) electrons. The van der Waals surface area contributed by atoms with E-state index in [4.69, 9.17) is 10.5 Å². The molecule has 20 heavy (non-hydrogen) atoms. The van der Waals surface area contributed by atoms with Crippen LogP contribution in [0.25, 0.3) is 0 Å². The Morgan fingerprint density at radius 3 is 2.75 bits per heavy atom. The monoisotopic (exact) mass is 353 g/mol. The van der Waals surface area contributed by atoms with E-state index in [1.807, 2.05) is 31.2 Å². The number of benzene rings is 2. The summed E-state index contributed by atoms with van der Waals surface area (Å²) in [5, 5.41) is 0. The Hall–Kier alpha value is -1.33. The van der Waals surface area contributed by atoms with Crippen LogP contribution < -0.4 is 10.5 Å². The van der Waals surface area contributed by atoms with Gasteiger partial charge in [0.25, 0.3) is 0 Å². The average molecular weight is 354 g/mol. The predicted molar refractivity (Wildman–Crippen MR) is 86.3 cm³/mol. The highest BCUT2D eigenvalue weighted by Gasteiger charge is 2.11. The smallest absolute Gasteiger partial charge is 0.120 e. The van der Waals surface area contributed by atoms with Crippen LogP contribution in [0.1, 0.15) is 12.5 Å². The quantitative estimate of drug-likeness (QED) is 0.833. The highest BCUT2D eigenvalue weighted by molar-refractivity contribution is 9.10.